The number of rotatable bonds is 7. The van der Waals surface area contributed by atoms with Gasteiger partial charge >= 0.3 is 5.97 Å². The van der Waals surface area contributed by atoms with Gasteiger partial charge in [0, 0.05) is 13.0 Å². The number of unbranched alkanes of at least 4 members (excludes halogenated alkanes) is 2. The van der Waals surface area contributed by atoms with Crippen LogP contribution in [0.25, 0.3) is 0 Å². The third kappa shape index (κ3) is 8.81. The first kappa shape index (κ1) is 11.9. The van der Waals surface area contributed by atoms with Crippen molar-refractivity contribution in [2.75, 3.05) is 13.1 Å². The summed E-state index contributed by atoms with van der Waals surface area (Å²) in [5.74, 6) is -0.941. The number of carbonyl (C=O) groups excluding carboxylic acids is 1. The number of nitrogens with one attached hydrogen (secondary N) is 1. The molecule has 0 bridgehead atoms. The molecule has 0 aliphatic carbocycles. The van der Waals surface area contributed by atoms with E-state index >= 15 is 0 Å². The van der Waals surface area contributed by atoms with E-state index in [0.717, 1.165) is 12.8 Å². The number of carboxylic acids is 1. The molecule has 0 fully saturated rings. The summed E-state index contributed by atoms with van der Waals surface area (Å²) in [6, 6.07) is 0. The van der Waals surface area contributed by atoms with E-state index in [0.29, 0.717) is 13.0 Å². The first-order chi connectivity index (χ1) is 6.16. The predicted molar refractivity (Wildman–Crippen MR) is 48.2 cm³/mol. The van der Waals surface area contributed by atoms with Crippen molar-refractivity contribution >= 4 is 11.9 Å². The Kier molecular flexibility index (Phi) is 6.91. The van der Waals surface area contributed by atoms with Crippen LogP contribution in [0.2, 0.25) is 0 Å². The molecule has 0 aromatic carbocycles. The standard InChI is InChI=1S/C8H16N2O3/c9-6-7(11)10-5-3-1-2-4-8(12)13/h1-6,9H2,(H,10,11)(H,12,13). The summed E-state index contributed by atoms with van der Waals surface area (Å²) in [7, 11) is 0. The molecule has 0 spiro atoms. The van der Waals surface area contributed by atoms with Crippen molar-refractivity contribution in [1.82, 2.24) is 5.32 Å². The van der Waals surface area contributed by atoms with E-state index in [-0.39, 0.29) is 18.9 Å². The first-order valence-corrected chi connectivity index (χ1v) is 4.35. The lowest BCUT2D eigenvalue weighted by molar-refractivity contribution is -0.137. The van der Waals surface area contributed by atoms with Gasteiger partial charge < -0.3 is 16.2 Å². The zero-order valence-corrected chi connectivity index (χ0v) is 7.58. The summed E-state index contributed by atoms with van der Waals surface area (Å²) < 4.78 is 0. The zero-order chi connectivity index (χ0) is 10.1. The van der Waals surface area contributed by atoms with E-state index in [4.69, 9.17) is 10.8 Å². The molecule has 0 radical (unpaired) electrons. The number of carbonyl (C=O) groups is 2. The normalized spacial score (nSPS) is 9.62. The highest BCUT2D eigenvalue weighted by molar-refractivity contribution is 5.77. The van der Waals surface area contributed by atoms with Gasteiger partial charge in [-0.3, -0.25) is 9.59 Å². The molecule has 5 nitrogen and oxygen atoms in total. The quantitative estimate of drug-likeness (QED) is 0.478. The monoisotopic (exact) mass is 188 g/mol. The SMILES string of the molecule is NCC(=O)NCCCCCC(=O)O. The third-order valence-corrected chi connectivity index (χ3v) is 1.57. The topological polar surface area (TPSA) is 92.4 Å². The van der Waals surface area contributed by atoms with Gasteiger partial charge in [0.05, 0.1) is 6.54 Å². The van der Waals surface area contributed by atoms with Gasteiger partial charge in [0.2, 0.25) is 5.91 Å². The van der Waals surface area contributed by atoms with Crippen molar-refractivity contribution in [2.45, 2.75) is 25.7 Å². The minimum Gasteiger partial charge on any atom is -0.481 e. The third-order valence-electron chi connectivity index (χ3n) is 1.57. The lowest BCUT2D eigenvalue weighted by atomic mass is 10.2. The fourth-order valence-electron chi connectivity index (χ4n) is 0.878. The highest BCUT2D eigenvalue weighted by atomic mass is 16.4. The van der Waals surface area contributed by atoms with Crippen LogP contribution in [0.3, 0.4) is 0 Å². The van der Waals surface area contributed by atoms with Crippen molar-refractivity contribution in [3.05, 3.63) is 0 Å². The second-order valence-corrected chi connectivity index (χ2v) is 2.76. The molecule has 4 N–H and O–H groups in total. The number of amides is 1. The van der Waals surface area contributed by atoms with Crippen LogP contribution >= 0.6 is 0 Å². The smallest absolute Gasteiger partial charge is 0.303 e. The molecular formula is C8H16N2O3. The average Bonchev–Trinajstić information content (AvgIpc) is 2.10. The second-order valence-electron chi connectivity index (χ2n) is 2.76. The Morgan fingerprint density at radius 2 is 1.92 bits per heavy atom. The highest BCUT2D eigenvalue weighted by Gasteiger charge is 1.97. The van der Waals surface area contributed by atoms with Crippen LogP contribution in [-0.2, 0) is 9.59 Å². The van der Waals surface area contributed by atoms with E-state index in [9.17, 15) is 9.59 Å². The minimum atomic E-state index is -0.772. The summed E-state index contributed by atoms with van der Waals surface area (Å²) >= 11 is 0. The van der Waals surface area contributed by atoms with Gasteiger partial charge in [-0.15, -0.1) is 0 Å². The van der Waals surface area contributed by atoms with Crippen LogP contribution in [-0.4, -0.2) is 30.1 Å². The molecule has 0 heterocycles. The second kappa shape index (κ2) is 7.54. The molecule has 76 valence electrons. The molecule has 0 unspecified atom stereocenters. The maximum Gasteiger partial charge on any atom is 0.303 e. The summed E-state index contributed by atoms with van der Waals surface area (Å²) in [5.41, 5.74) is 5.06. The van der Waals surface area contributed by atoms with Crippen LogP contribution in [0, 0.1) is 0 Å². The largest absolute Gasteiger partial charge is 0.481 e. The van der Waals surface area contributed by atoms with E-state index in [1.807, 2.05) is 0 Å². The molecule has 0 aromatic heterocycles. The zero-order valence-electron chi connectivity index (χ0n) is 7.58. The molecule has 0 aliphatic heterocycles. The maximum atomic E-state index is 10.6. The fraction of sp³-hybridized carbons (Fsp3) is 0.750. The van der Waals surface area contributed by atoms with Gasteiger partial charge in [-0.25, -0.2) is 0 Å². The van der Waals surface area contributed by atoms with Crippen molar-refractivity contribution in [2.24, 2.45) is 5.73 Å². The van der Waals surface area contributed by atoms with Crippen LogP contribution < -0.4 is 11.1 Å². The Morgan fingerprint density at radius 3 is 2.46 bits per heavy atom. The van der Waals surface area contributed by atoms with Gasteiger partial charge in [-0.05, 0) is 12.8 Å². The predicted octanol–water partition coefficient (Wildman–Crippen LogP) is -0.294. The summed E-state index contributed by atoms with van der Waals surface area (Å²) in [5, 5.41) is 10.9. The Labute approximate surface area is 77.3 Å². The lowest BCUT2D eigenvalue weighted by Crippen LogP contribution is -2.30. The van der Waals surface area contributed by atoms with Gasteiger partial charge in [-0.2, -0.15) is 0 Å². The molecule has 0 saturated carbocycles. The van der Waals surface area contributed by atoms with Gasteiger partial charge in [0.15, 0.2) is 0 Å². The molecule has 1 amide bonds. The van der Waals surface area contributed by atoms with Crippen molar-refractivity contribution in [1.29, 1.82) is 0 Å². The fourth-order valence-corrected chi connectivity index (χ4v) is 0.878. The summed E-state index contributed by atoms with van der Waals surface area (Å²) in [6.45, 7) is 0.588. The van der Waals surface area contributed by atoms with Gasteiger partial charge in [-0.1, -0.05) is 6.42 Å². The van der Waals surface area contributed by atoms with Crippen LogP contribution in [0.1, 0.15) is 25.7 Å². The molecule has 0 saturated heterocycles. The number of carboxylic acid groups (broad SMARTS) is 1. The number of hydrogen-bond donors (Lipinski definition) is 3. The Balaban J connectivity index is 3.08. The van der Waals surface area contributed by atoms with Gasteiger partial charge in [0.1, 0.15) is 0 Å². The molecule has 0 aliphatic rings. The molecular weight excluding hydrogens is 172 g/mol. The number of nitrogens with two attached hydrogens (primary N) is 1. The Morgan fingerprint density at radius 1 is 1.23 bits per heavy atom. The molecule has 0 aromatic rings. The molecule has 0 atom stereocenters. The molecule has 0 rings (SSSR count). The first-order valence-electron chi connectivity index (χ1n) is 4.35. The number of aliphatic carboxylic acids is 1. The number of hydrogen-bond acceptors (Lipinski definition) is 3. The minimum absolute atomic E-state index is 0.00905. The molecule has 13 heavy (non-hydrogen) atoms. The van der Waals surface area contributed by atoms with E-state index in [1.165, 1.54) is 0 Å². The van der Waals surface area contributed by atoms with Crippen molar-refractivity contribution < 1.29 is 14.7 Å². The molecule has 5 heteroatoms. The Hall–Kier alpha value is -1.10. The Bertz CT molecular complexity index is 171. The van der Waals surface area contributed by atoms with Crippen LogP contribution in [0.5, 0.6) is 0 Å². The van der Waals surface area contributed by atoms with E-state index in [1.54, 1.807) is 0 Å². The van der Waals surface area contributed by atoms with Crippen LogP contribution in [0.4, 0.5) is 0 Å². The van der Waals surface area contributed by atoms with E-state index < -0.39 is 5.97 Å². The van der Waals surface area contributed by atoms with Crippen LogP contribution in [0.15, 0.2) is 0 Å². The van der Waals surface area contributed by atoms with Gasteiger partial charge in [0.25, 0.3) is 0 Å². The lowest BCUT2D eigenvalue weighted by Gasteiger charge is -2.01. The summed E-state index contributed by atoms with van der Waals surface area (Å²) in [4.78, 5) is 20.7. The average molecular weight is 188 g/mol. The van der Waals surface area contributed by atoms with Crippen molar-refractivity contribution in [3.63, 3.8) is 0 Å². The maximum absolute atomic E-state index is 10.6. The summed E-state index contributed by atoms with van der Waals surface area (Å²) in [6.07, 6.45) is 2.48. The van der Waals surface area contributed by atoms with E-state index in [2.05, 4.69) is 5.32 Å². The van der Waals surface area contributed by atoms with Crippen molar-refractivity contribution in [3.8, 4) is 0 Å². The highest BCUT2D eigenvalue weighted by Crippen LogP contribution is 1.98.